The molecule has 0 unspecified atom stereocenters. The number of imidazole rings is 1. The van der Waals surface area contributed by atoms with Crippen LogP contribution in [0.4, 0.5) is 23.5 Å². The lowest BCUT2D eigenvalue weighted by molar-refractivity contribution is -0.137. The number of anilines is 1. The first-order valence-corrected chi connectivity index (χ1v) is 9.49. The Balaban J connectivity index is 1.71. The maximum Gasteiger partial charge on any atom is 0.416 e. The Morgan fingerprint density at radius 1 is 1.07 bits per heavy atom. The minimum Gasteiger partial charge on any atom is -0.307 e. The zero-order chi connectivity index (χ0) is 20.6. The fourth-order valence-corrected chi connectivity index (χ4v) is 3.88. The van der Waals surface area contributed by atoms with Crippen LogP contribution in [0.15, 0.2) is 42.5 Å². The molecule has 1 heterocycles. The van der Waals surface area contributed by atoms with E-state index in [1.165, 1.54) is 24.3 Å². The van der Waals surface area contributed by atoms with Crippen LogP contribution in [0.3, 0.4) is 0 Å². The first-order valence-electron chi connectivity index (χ1n) is 9.49. The number of halogens is 4. The minimum absolute atomic E-state index is 0.0935. The van der Waals surface area contributed by atoms with Crippen molar-refractivity contribution in [3.63, 3.8) is 0 Å². The van der Waals surface area contributed by atoms with E-state index in [1.54, 1.807) is 6.07 Å². The average Bonchev–Trinajstić information content (AvgIpc) is 3.04. The second-order valence-corrected chi connectivity index (χ2v) is 7.26. The molecule has 0 saturated heterocycles. The van der Waals surface area contributed by atoms with Gasteiger partial charge in [0.1, 0.15) is 5.82 Å². The van der Waals surface area contributed by atoms with Crippen molar-refractivity contribution in [3.05, 3.63) is 59.4 Å². The summed E-state index contributed by atoms with van der Waals surface area (Å²) in [4.78, 5) is 17.0. The van der Waals surface area contributed by atoms with Crippen molar-refractivity contribution in [2.75, 3.05) is 5.32 Å². The molecule has 29 heavy (non-hydrogen) atoms. The maximum atomic E-state index is 13.7. The smallest absolute Gasteiger partial charge is 0.307 e. The van der Waals surface area contributed by atoms with E-state index in [0.29, 0.717) is 11.0 Å². The summed E-state index contributed by atoms with van der Waals surface area (Å²) < 4.78 is 54.4. The van der Waals surface area contributed by atoms with Crippen molar-refractivity contribution in [1.29, 1.82) is 0 Å². The molecule has 2 aromatic carbocycles. The molecule has 1 saturated carbocycles. The van der Waals surface area contributed by atoms with Crippen molar-refractivity contribution in [1.82, 2.24) is 9.55 Å². The van der Waals surface area contributed by atoms with Gasteiger partial charge in [-0.25, -0.2) is 9.37 Å². The number of carbonyl (C=O) groups excluding carboxylic acids is 1. The fraction of sp³-hybridized carbons (Fsp3) is 0.333. The third kappa shape index (κ3) is 3.97. The average molecular weight is 405 g/mol. The number of nitrogens with zero attached hydrogens (tertiary/aromatic N) is 2. The van der Waals surface area contributed by atoms with Crippen molar-refractivity contribution >= 4 is 22.9 Å². The monoisotopic (exact) mass is 405 g/mol. The molecule has 1 aliphatic rings. The molecule has 1 aliphatic carbocycles. The molecule has 0 spiro atoms. The molecule has 0 aliphatic heterocycles. The molecule has 0 bridgehead atoms. The number of hydrogen-bond acceptors (Lipinski definition) is 2. The minimum atomic E-state index is -4.54. The maximum absolute atomic E-state index is 13.7. The standard InChI is InChI=1S/C21H19F4N3O/c22-15-9-10-18-17(12-15)26-20(28(18)16-7-2-1-3-8-16)27-19(29)13-5-4-6-14(11-13)21(23,24)25/h4-6,9-12,16H,1-3,7-8H2,(H,26,27,29). The lowest BCUT2D eigenvalue weighted by atomic mass is 9.95. The summed E-state index contributed by atoms with van der Waals surface area (Å²) in [6.07, 6.45) is 0.455. The quantitative estimate of drug-likeness (QED) is 0.547. The molecule has 4 rings (SSSR count). The van der Waals surface area contributed by atoms with Crippen molar-refractivity contribution in [2.24, 2.45) is 0 Å². The van der Waals surface area contributed by atoms with Gasteiger partial charge in [-0.3, -0.25) is 10.1 Å². The van der Waals surface area contributed by atoms with Crippen LogP contribution in [0.25, 0.3) is 11.0 Å². The highest BCUT2D eigenvalue weighted by Gasteiger charge is 2.31. The Kier molecular flexibility index (Phi) is 5.02. The van der Waals surface area contributed by atoms with Gasteiger partial charge in [-0.1, -0.05) is 25.3 Å². The van der Waals surface area contributed by atoms with Crippen LogP contribution < -0.4 is 5.32 Å². The third-order valence-corrected chi connectivity index (χ3v) is 5.27. The summed E-state index contributed by atoms with van der Waals surface area (Å²) in [5.41, 5.74) is 0.0776. The van der Waals surface area contributed by atoms with Crippen molar-refractivity contribution in [2.45, 2.75) is 44.3 Å². The Hall–Kier alpha value is -2.90. The second-order valence-electron chi connectivity index (χ2n) is 7.26. The SMILES string of the molecule is O=C(Nc1nc2cc(F)ccc2n1C1CCCCC1)c1cccc(C(F)(F)F)c1. The lowest BCUT2D eigenvalue weighted by Crippen LogP contribution is -2.20. The summed E-state index contributed by atoms with van der Waals surface area (Å²) in [6.45, 7) is 0. The summed E-state index contributed by atoms with van der Waals surface area (Å²) in [6, 6.07) is 8.56. The first-order chi connectivity index (χ1) is 13.8. The molecule has 1 amide bonds. The van der Waals surface area contributed by atoms with Gasteiger partial charge in [0.2, 0.25) is 5.95 Å². The van der Waals surface area contributed by atoms with Crippen LogP contribution in [-0.2, 0) is 6.18 Å². The van der Waals surface area contributed by atoms with Crippen LogP contribution in [0, 0.1) is 5.82 Å². The van der Waals surface area contributed by atoms with Crippen LogP contribution in [-0.4, -0.2) is 15.5 Å². The second kappa shape index (κ2) is 7.50. The summed E-state index contributed by atoms with van der Waals surface area (Å²) >= 11 is 0. The van der Waals surface area contributed by atoms with Crippen LogP contribution in [0.2, 0.25) is 0 Å². The highest BCUT2D eigenvalue weighted by molar-refractivity contribution is 6.04. The fourth-order valence-electron chi connectivity index (χ4n) is 3.88. The largest absolute Gasteiger partial charge is 0.416 e. The van der Waals surface area contributed by atoms with Gasteiger partial charge >= 0.3 is 6.18 Å². The summed E-state index contributed by atoms with van der Waals surface area (Å²) in [7, 11) is 0. The normalized spacial score (nSPS) is 15.6. The van der Waals surface area contributed by atoms with Gasteiger partial charge in [0.05, 0.1) is 16.6 Å². The van der Waals surface area contributed by atoms with E-state index in [9.17, 15) is 22.4 Å². The number of rotatable bonds is 3. The molecule has 152 valence electrons. The van der Waals surface area contributed by atoms with Gasteiger partial charge in [-0.2, -0.15) is 13.2 Å². The van der Waals surface area contributed by atoms with E-state index in [-0.39, 0.29) is 17.6 Å². The summed E-state index contributed by atoms with van der Waals surface area (Å²) in [5, 5.41) is 2.63. The number of fused-ring (bicyclic) bond motifs is 1. The predicted molar refractivity (Wildman–Crippen MR) is 101 cm³/mol. The van der Waals surface area contributed by atoms with E-state index in [1.807, 2.05) is 4.57 Å². The van der Waals surface area contributed by atoms with Gasteiger partial charge in [0.25, 0.3) is 5.91 Å². The molecule has 1 N–H and O–H groups in total. The van der Waals surface area contributed by atoms with Gasteiger partial charge in [-0.05, 0) is 43.2 Å². The van der Waals surface area contributed by atoms with Gasteiger partial charge in [0.15, 0.2) is 0 Å². The van der Waals surface area contributed by atoms with Gasteiger partial charge in [-0.15, -0.1) is 0 Å². The molecule has 0 radical (unpaired) electrons. The van der Waals surface area contributed by atoms with Crippen molar-refractivity contribution < 1.29 is 22.4 Å². The molecular formula is C21H19F4N3O. The van der Waals surface area contributed by atoms with E-state index in [0.717, 1.165) is 44.2 Å². The number of alkyl halides is 3. The number of nitrogens with one attached hydrogen (secondary N) is 1. The number of benzene rings is 2. The van der Waals surface area contributed by atoms with E-state index >= 15 is 0 Å². The third-order valence-electron chi connectivity index (χ3n) is 5.27. The Bertz CT molecular complexity index is 1050. The highest BCUT2D eigenvalue weighted by Crippen LogP contribution is 2.35. The predicted octanol–water partition coefficient (Wildman–Crippen LogP) is 5.95. The molecule has 1 fully saturated rings. The zero-order valence-corrected chi connectivity index (χ0v) is 15.5. The molecule has 1 aromatic heterocycles. The van der Waals surface area contributed by atoms with Gasteiger partial charge < -0.3 is 4.57 Å². The topological polar surface area (TPSA) is 46.9 Å². The highest BCUT2D eigenvalue weighted by atomic mass is 19.4. The van der Waals surface area contributed by atoms with E-state index < -0.39 is 23.5 Å². The van der Waals surface area contributed by atoms with Crippen LogP contribution >= 0.6 is 0 Å². The molecule has 3 aromatic rings. The van der Waals surface area contributed by atoms with E-state index in [2.05, 4.69) is 10.3 Å². The van der Waals surface area contributed by atoms with Gasteiger partial charge in [0, 0.05) is 17.7 Å². The van der Waals surface area contributed by atoms with Crippen LogP contribution in [0.1, 0.15) is 54.1 Å². The number of aromatic nitrogens is 2. The van der Waals surface area contributed by atoms with Crippen molar-refractivity contribution in [3.8, 4) is 0 Å². The molecule has 4 nitrogen and oxygen atoms in total. The molecule has 0 atom stereocenters. The summed E-state index contributed by atoms with van der Waals surface area (Å²) in [5.74, 6) is -0.912. The number of carbonyl (C=O) groups is 1. The number of hydrogen-bond donors (Lipinski definition) is 1. The Morgan fingerprint density at radius 2 is 1.83 bits per heavy atom. The number of amides is 1. The van der Waals surface area contributed by atoms with E-state index in [4.69, 9.17) is 0 Å². The molecular weight excluding hydrogens is 386 g/mol. The zero-order valence-electron chi connectivity index (χ0n) is 15.5. The Morgan fingerprint density at radius 3 is 2.55 bits per heavy atom. The first kappa shape index (κ1) is 19.4. The Labute approximate surface area is 164 Å². The molecule has 8 heteroatoms. The van der Waals surface area contributed by atoms with Crippen LogP contribution in [0.5, 0.6) is 0 Å². The lowest BCUT2D eigenvalue weighted by Gasteiger charge is -2.25.